The second-order valence-electron chi connectivity index (χ2n) is 10.5. The average molecular weight is 570 g/mol. The molecule has 0 aliphatic carbocycles. The third-order valence-corrected chi connectivity index (χ3v) is 8.98. The second kappa shape index (κ2) is 10.9. The van der Waals surface area contributed by atoms with E-state index < -0.39 is 31.1 Å². The van der Waals surface area contributed by atoms with Crippen molar-refractivity contribution in [3.63, 3.8) is 0 Å². The highest BCUT2D eigenvalue weighted by Gasteiger charge is 2.45. The first kappa shape index (κ1) is 29.4. The SMILES string of the molecule is CC1(C)CC(NC(=S)Nc2ccc(S(=O)(=O)NCCc3ccc(S(N)(=O)=O)cc3)cc2)CC(C)(C)N1O. The van der Waals surface area contributed by atoms with Gasteiger partial charge in [0.2, 0.25) is 20.0 Å². The van der Waals surface area contributed by atoms with Crippen LogP contribution in [0, 0.1) is 0 Å². The van der Waals surface area contributed by atoms with Gasteiger partial charge in [-0.05, 0) is 101 Å². The molecule has 0 bridgehead atoms. The van der Waals surface area contributed by atoms with Gasteiger partial charge in [0.25, 0.3) is 0 Å². The van der Waals surface area contributed by atoms with Crippen molar-refractivity contribution in [2.75, 3.05) is 11.9 Å². The normalized spacial score (nSPS) is 18.3. The molecule has 1 aliphatic rings. The molecule has 1 saturated heterocycles. The molecular weight excluding hydrogens is 534 g/mol. The number of benzene rings is 2. The minimum atomic E-state index is -3.77. The van der Waals surface area contributed by atoms with Gasteiger partial charge in [-0.2, -0.15) is 5.06 Å². The van der Waals surface area contributed by atoms with E-state index in [-0.39, 0.29) is 22.4 Å². The number of anilines is 1. The summed E-state index contributed by atoms with van der Waals surface area (Å²) in [5, 5.41) is 23.8. The van der Waals surface area contributed by atoms with Gasteiger partial charge in [0.05, 0.1) is 9.79 Å². The molecule has 204 valence electrons. The molecular formula is C24H35N5O5S3. The number of sulfonamides is 2. The Labute approximate surface area is 224 Å². The molecule has 0 unspecified atom stereocenters. The van der Waals surface area contributed by atoms with Gasteiger partial charge >= 0.3 is 0 Å². The average Bonchev–Trinajstić information content (AvgIpc) is 2.77. The van der Waals surface area contributed by atoms with E-state index in [9.17, 15) is 22.0 Å². The first-order valence-corrected chi connectivity index (χ1v) is 15.2. The highest BCUT2D eigenvalue weighted by molar-refractivity contribution is 7.89. The standard InChI is InChI=1S/C24H35N5O5S3/c1-23(2)15-19(16-24(3,4)29(23)30)28-22(35)27-18-7-11-21(12-8-18)37(33,34)26-14-13-17-5-9-20(10-6-17)36(25,31)32/h5-12,19,26,30H,13-16H2,1-4H3,(H2,25,31,32)(H2,27,28,35). The molecule has 13 heteroatoms. The van der Waals surface area contributed by atoms with E-state index in [0.29, 0.717) is 30.1 Å². The molecule has 1 aliphatic heterocycles. The number of primary sulfonamides is 1. The first-order valence-electron chi connectivity index (χ1n) is 11.8. The third-order valence-electron chi connectivity index (χ3n) is 6.35. The summed E-state index contributed by atoms with van der Waals surface area (Å²) in [7, 11) is -7.50. The lowest BCUT2D eigenvalue weighted by Crippen LogP contribution is -2.63. The zero-order chi connectivity index (χ0) is 27.6. The fourth-order valence-electron chi connectivity index (χ4n) is 4.70. The number of hydrogen-bond donors (Lipinski definition) is 5. The second-order valence-corrected chi connectivity index (χ2v) is 14.2. The highest BCUT2D eigenvalue weighted by atomic mass is 32.2. The summed E-state index contributed by atoms with van der Waals surface area (Å²) in [6.45, 7) is 8.07. The van der Waals surface area contributed by atoms with Gasteiger partial charge in [0.15, 0.2) is 5.11 Å². The lowest BCUT2D eigenvalue weighted by molar-refractivity contribution is -0.245. The number of nitrogens with zero attached hydrogens (tertiary/aromatic N) is 1. The van der Waals surface area contributed by atoms with Crippen LogP contribution in [0.5, 0.6) is 0 Å². The predicted octanol–water partition coefficient (Wildman–Crippen LogP) is 2.55. The molecule has 1 fully saturated rings. The third kappa shape index (κ3) is 7.69. The molecule has 0 saturated carbocycles. The van der Waals surface area contributed by atoms with Crippen LogP contribution in [0.2, 0.25) is 0 Å². The summed E-state index contributed by atoms with van der Waals surface area (Å²) in [6.07, 6.45) is 1.79. The number of nitrogens with two attached hydrogens (primary N) is 1. The van der Waals surface area contributed by atoms with E-state index >= 15 is 0 Å². The van der Waals surface area contributed by atoms with Crippen LogP contribution >= 0.6 is 12.2 Å². The summed E-state index contributed by atoms with van der Waals surface area (Å²) in [6, 6.07) is 12.3. The Kier molecular flexibility index (Phi) is 8.69. The van der Waals surface area contributed by atoms with Gasteiger partial charge in [-0.3, -0.25) is 0 Å². The highest BCUT2D eigenvalue weighted by Crippen LogP contribution is 2.36. The molecule has 0 spiro atoms. The predicted molar refractivity (Wildman–Crippen MR) is 147 cm³/mol. The van der Waals surface area contributed by atoms with Crippen LogP contribution in [0.15, 0.2) is 58.3 Å². The first-order chi connectivity index (χ1) is 17.0. The molecule has 37 heavy (non-hydrogen) atoms. The number of piperidine rings is 1. The minimum Gasteiger partial charge on any atom is -0.360 e. The molecule has 0 radical (unpaired) electrons. The molecule has 0 aromatic heterocycles. The van der Waals surface area contributed by atoms with E-state index in [4.69, 9.17) is 17.4 Å². The molecule has 0 atom stereocenters. The molecule has 0 amide bonds. The zero-order valence-corrected chi connectivity index (χ0v) is 23.8. The Balaban J connectivity index is 1.53. The Morgan fingerprint density at radius 1 is 0.973 bits per heavy atom. The topological polar surface area (TPSA) is 154 Å². The van der Waals surface area contributed by atoms with Gasteiger partial charge < -0.3 is 15.8 Å². The van der Waals surface area contributed by atoms with Crippen molar-refractivity contribution in [2.24, 2.45) is 5.14 Å². The van der Waals surface area contributed by atoms with E-state index in [1.54, 1.807) is 24.3 Å². The monoisotopic (exact) mass is 569 g/mol. The van der Waals surface area contributed by atoms with E-state index in [0.717, 1.165) is 5.56 Å². The van der Waals surface area contributed by atoms with E-state index in [1.807, 2.05) is 27.7 Å². The van der Waals surface area contributed by atoms with Crippen LogP contribution in [0.3, 0.4) is 0 Å². The van der Waals surface area contributed by atoms with Gasteiger partial charge in [0.1, 0.15) is 0 Å². The Bertz CT molecular complexity index is 1310. The van der Waals surface area contributed by atoms with Crippen molar-refractivity contribution in [3.05, 3.63) is 54.1 Å². The number of thiocarbonyl (C=S) groups is 1. The van der Waals surface area contributed by atoms with Crippen molar-refractivity contribution in [2.45, 2.75) is 73.9 Å². The van der Waals surface area contributed by atoms with E-state index in [1.165, 1.54) is 29.3 Å². The molecule has 2 aromatic carbocycles. The van der Waals surface area contributed by atoms with Gasteiger partial charge in [-0.25, -0.2) is 26.7 Å². The van der Waals surface area contributed by atoms with Crippen molar-refractivity contribution in [3.8, 4) is 0 Å². The van der Waals surface area contributed by atoms with Crippen LogP contribution in [0.4, 0.5) is 5.69 Å². The van der Waals surface area contributed by atoms with Crippen LogP contribution in [0.25, 0.3) is 0 Å². The minimum absolute atomic E-state index is 0.00318. The smallest absolute Gasteiger partial charge is 0.240 e. The summed E-state index contributed by atoms with van der Waals surface area (Å²) in [5.41, 5.74) is 0.593. The van der Waals surface area contributed by atoms with Crippen LogP contribution in [0.1, 0.15) is 46.1 Å². The number of nitrogens with one attached hydrogen (secondary N) is 3. The largest absolute Gasteiger partial charge is 0.360 e. The molecule has 3 rings (SSSR count). The molecule has 6 N–H and O–H groups in total. The Morgan fingerprint density at radius 3 is 2.00 bits per heavy atom. The number of hydroxylamine groups is 2. The summed E-state index contributed by atoms with van der Waals surface area (Å²) in [5.74, 6) is 0. The maximum absolute atomic E-state index is 12.7. The summed E-state index contributed by atoms with van der Waals surface area (Å²) >= 11 is 5.47. The van der Waals surface area contributed by atoms with Crippen molar-refractivity contribution < 1.29 is 22.0 Å². The molecule has 2 aromatic rings. The number of rotatable bonds is 8. The lowest BCUT2D eigenvalue weighted by atomic mass is 9.79. The van der Waals surface area contributed by atoms with Crippen molar-refractivity contribution in [1.82, 2.24) is 15.1 Å². The summed E-state index contributed by atoms with van der Waals surface area (Å²) in [4.78, 5) is 0.115. The zero-order valence-electron chi connectivity index (χ0n) is 21.4. The maximum Gasteiger partial charge on any atom is 0.240 e. The quantitative estimate of drug-likeness (QED) is 0.302. The van der Waals surface area contributed by atoms with Gasteiger partial charge in [-0.15, -0.1) is 0 Å². The van der Waals surface area contributed by atoms with Crippen LogP contribution < -0.4 is 20.5 Å². The molecule has 10 nitrogen and oxygen atoms in total. The van der Waals surface area contributed by atoms with Crippen LogP contribution in [-0.2, 0) is 26.5 Å². The summed E-state index contributed by atoms with van der Waals surface area (Å²) < 4.78 is 50.5. The van der Waals surface area contributed by atoms with E-state index in [2.05, 4.69) is 15.4 Å². The van der Waals surface area contributed by atoms with Crippen molar-refractivity contribution >= 4 is 43.1 Å². The number of hydrogen-bond acceptors (Lipinski definition) is 7. The molecule has 1 heterocycles. The van der Waals surface area contributed by atoms with Crippen molar-refractivity contribution in [1.29, 1.82) is 0 Å². The fraction of sp³-hybridized carbons (Fsp3) is 0.458. The fourth-order valence-corrected chi connectivity index (χ4v) is 6.53. The Morgan fingerprint density at radius 2 is 1.49 bits per heavy atom. The van der Waals surface area contributed by atoms with Gasteiger partial charge in [0, 0.05) is 29.4 Å². The lowest BCUT2D eigenvalue weighted by Gasteiger charge is -2.51. The van der Waals surface area contributed by atoms with Crippen LogP contribution in [-0.4, -0.2) is 55.9 Å². The Hall–Kier alpha value is -2.13. The van der Waals surface area contributed by atoms with Gasteiger partial charge in [-0.1, -0.05) is 12.1 Å². The maximum atomic E-state index is 12.7.